The van der Waals surface area contributed by atoms with Crippen molar-refractivity contribution < 1.29 is 9.90 Å². The summed E-state index contributed by atoms with van der Waals surface area (Å²) in [4.78, 5) is 14.1. The number of aliphatic hydroxyl groups is 1. The maximum absolute atomic E-state index is 10.3. The Kier molecular flexibility index (Phi) is 3.05. The molecule has 0 aliphatic carbocycles. The zero-order valence-electron chi connectivity index (χ0n) is 7.32. The van der Waals surface area contributed by atoms with E-state index in [9.17, 15) is 4.79 Å². The SMILES string of the molecule is NC(=O)C#Cc1cnc(N)c(CO)c1. The molecule has 0 spiro atoms. The first-order valence-electron chi connectivity index (χ1n) is 3.80. The van der Waals surface area contributed by atoms with Crippen LogP contribution in [-0.2, 0) is 11.4 Å². The fourth-order valence-corrected chi connectivity index (χ4v) is 0.850. The van der Waals surface area contributed by atoms with Gasteiger partial charge in [-0.25, -0.2) is 4.98 Å². The highest BCUT2D eigenvalue weighted by atomic mass is 16.3. The maximum Gasteiger partial charge on any atom is 0.293 e. The van der Waals surface area contributed by atoms with E-state index in [1.165, 1.54) is 6.20 Å². The Labute approximate surface area is 80.7 Å². The molecule has 5 nitrogen and oxygen atoms in total. The number of aliphatic hydroxyl groups excluding tert-OH is 1. The molecule has 0 aliphatic heterocycles. The van der Waals surface area contributed by atoms with Gasteiger partial charge in [0, 0.05) is 23.2 Å². The summed E-state index contributed by atoms with van der Waals surface area (Å²) < 4.78 is 0. The van der Waals surface area contributed by atoms with Crippen molar-refractivity contribution in [3.05, 3.63) is 23.4 Å². The molecule has 0 saturated heterocycles. The molecule has 5 heteroatoms. The van der Waals surface area contributed by atoms with E-state index in [1.807, 2.05) is 0 Å². The first-order valence-corrected chi connectivity index (χ1v) is 3.80. The van der Waals surface area contributed by atoms with Gasteiger partial charge in [0.25, 0.3) is 5.91 Å². The Bertz CT molecular complexity index is 418. The van der Waals surface area contributed by atoms with Gasteiger partial charge in [0.15, 0.2) is 0 Å². The van der Waals surface area contributed by atoms with E-state index in [0.717, 1.165) is 0 Å². The minimum Gasteiger partial charge on any atom is -0.392 e. The van der Waals surface area contributed by atoms with Crippen molar-refractivity contribution in [2.45, 2.75) is 6.61 Å². The van der Waals surface area contributed by atoms with E-state index in [2.05, 4.69) is 16.8 Å². The molecule has 1 amide bonds. The minimum absolute atomic E-state index is 0.217. The van der Waals surface area contributed by atoms with Crippen molar-refractivity contribution in [2.75, 3.05) is 5.73 Å². The number of hydrogen-bond donors (Lipinski definition) is 3. The van der Waals surface area contributed by atoms with Gasteiger partial charge in [0.05, 0.1) is 6.61 Å². The Hall–Kier alpha value is -2.06. The van der Waals surface area contributed by atoms with Crippen LogP contribution in [0.1, 0.15) is 11.1 Å². The van der Waals surface area contributed by atoms with E-state index in [-0.39, 0.29) is 12.4 Å². The second kappa shape index (κ2) is 4.25. The number of hydrogen-bond acceptors (Lipinski definition) is 4. The lowest BCUT2D eigenvalue weighted by Crippen LogP contribution is -2.06. The Morgan fingerprint density at radius 2 is 2.36 bits per heavy atom. The zero-order valence-corrected chi connectivity index (χ0v) is 7.32. The molecule has 0 atom stereocenters. The molecule has 1 heterocycles. The van der Waals surface area contributed by atoms with Crippen LogP contribution in [0.2, 0.25) is 0 Å². The Morgan fingerprint density at radius 3 is 2.93 bits per heavy atom. The van der Waals surface area contributed by atoms with Crippen molar-refractivity contribution in [3.8, 4) is 11.8 Å². The number of primary amides is 1. The van der Waals surface area contributed by atoms with E-state index in [4.69, 9.17) is 16.6 Å². The summed E-state index contributed by atoms with van der Waals surface area (Å²) >= 11 is 0. The van der Waals surface area contributed by atoms with Gasteiger partial charge in [-0.15, -0.1) is 0 Å². The molecule has 5 N–H and O–H groups in total. The summed E-state index contributed by atoms with van der Waals surface area (Å²) in [6.07, 6.45) is 1.41. The van der Waals surface area contributed by atoms with E-state index >= 15 is 0 Å². The molecule has 14 heavy (non-hydrogen) atoms. The summed E-state index contributed by atoms with van der Waals surface area (Å²) in [7, 11) is 0. The number of anilines is 1. The molecule has 1 aromatic rings. The largest absolute Gasteiger partial charge is 0.392 e. The quantitative estimate of drug-likeness (QED) is 0.495. The molecular formula is C9H9N3O2. The van der Waals surface area contributed by atoms with Crippen LogP contribution >= 0.6 is 0 Å². The Morgan fingerprint density at radius 1 is 1.64 bits per heavy atom. The average Bonchev–Trinajstić information content (AvgIpc) is 2.16. The fraction of sp³-hybridized carbons (Fsp3) is 0.111. The predicted molar refractivity (Wildman–Crippen MR) is 50.6 cm³/mol. The normalized spacial score (nSPS) is 8.93. The lowest BCUT2D eigenvalue weighted by molar-refractivity contribution is -0.112. The van der Waals surface area contributed by atoms with Crippen LogP contribution in [-0.4, -0.2) is 16.0 Å². The highest BCUT2D eigenvalue weighted by Crippen LogP contribution is 2.09. The van der Waals surface area contributed by atoms with E-state index in [0.29, 0.717) is 11.1 Å². The molecular weight excluding hydrogens is 182 g/mol. The number of rotatable bonds is 1. The van der Waals surface area contributed by atoms with Crippen LogP contribution in [0.15, 0.2) is 12.3 Å². The van der Waals surface area contributed by atoms with Gasteiger partial charge in [-0.1, -0.05) is 5.92 Å². The molecule has 0 fully saturated rings. The van der Waals surface area contributed by atoms with Gasteiger partial charge in [0.2, 0.25) is 0 Å². The van der Waals surface area contributed by atoms with Gasteiger partial charge >= 0.3 is 0 Å². The lowest BCUT2D eigenvalue weighted by atomic mass is 10.2. The van der Waals surface area contributed by atoms with Crippen molar-refractivity contribution >= 4 is 11.7 Å². The van der Waals surface area contributed by atoms with E-state index < -0.39 is 5.91 Å². The topological polar surface area (TPSA) is 102 Å². The molecule has 1 rings (SSSR count). The molecule has 0 radical (unpaired) electrons. The smallest absolute Gasteiger partial charge is 0.293 e. The highest BCUT2D eigenvalue weighted by molar-refractivity contribution is 5.92. The van der Waals surface area contributed by atoms with Crippen molar-refractivity contribution in [2.24, 2.45) is 5.73 Å². The van der Waals surface area contributed by atoms with Gasteiger partial charge in [-0.3, -0.25) is 4.79 Å². The first-order chi connectivity index (χ1) is 6.63. The zero-order chi connectivity index (χ0) is 10.6. The number of nitrogens with two attached hydrogens (primary N) is 2. The highest BCUT2D eigenvalue weighted by Gasteiger charge is 1.99. The summed E-state index contributed by atoms with van der Waals surface area (Å²) in [6, 6.07) is 1.55. The van der Waals surface area contributed by atoms with Crippen molar-refractivity contribution in [1.29, 1.82) is 0 Å². The Balaban J connectivity index is 3.03. The molecule has 0 aliphatic rings. The van der Waals surface area contributed by atoms with Crippen LogP contribution in [0.25, 0.3) is 0 Å². The van der Waals surface area contributed by atoms with Gasteiger partial charge in [-0.2, -0.15) is 0 Å². The summed E-state index contributed by atoms with van der Waals surface area (Å²) in [5.74, 6) is 4.18. The van der Waals surface area contributed by atoms with Crippen molar-refractivity contribution in [3.63, 3.8) is 0 Å². The average molecular weight is 191 g/mol. The third kappa shape index (κ3) is 2.47. The molecule has 72 valence electrons. The van der Waals surface area contributed by atoms with Crippen molar-refractivity contribution in [1.82, 2.24) is 4.98 Å². The van der Waals surface area contributed by atoms with Gasteiger partial charge in [-0.05, 0) is 6.07 Å². The predicted octanol–water partition coefficient (Wildman–Crippen LogP) is -1.01. The number of nitrogen functional groups attached to an aromatic ring is 1. The van der Waals surface area contributed by atoms with Crippen LogP contribution in [0.3, 0.4) is 0 Å². The number of amides is 1. The van der Waals surface area contributed by atoms with Crippen LogP contribution in [0.4, 0.5) is 5.82 Å². The second-order valence-electron chi connectivity index (χ2n) is 2.54. The minimum atomic E-state index is -0.715. The number of carbonyl (C=O) groups is 1. The van der Waals surface area contributed by atoms with Crippen LogP contribution < -0.4 is 11.5 Å². The first kappa shape index (κ1) is 10.0. The molecule has 0 aromatic carbocycles. The van der Waals surface area contributed by atoms with E-state index in [1.54, 1.807) is 6.07 Å². The molecule has 1 aromatic heterocycles. The standard InChI is InChI=1S/C9H9N3O2/c10-8(14)2-1-6-3-7(5-13)9(11)12-4-6/h3-4,13H,5H2,(H2,10,14)(H2,11,12). The second-order valence-corrected chi connectivity index (χ2v) is 2.54. The lowest BCUT2D eigenvalue weighted by Gasteiger charge is -2.00. The maximum atomic E-state index is 10.3. The monoisotopic (exact) mass is 191 g/mol. The van der Waals surface area contributed by atoms with Gasteiger partial charge in [0.1, 0.15) is 5.82 Å². The number of aromatic nitrogens is 1. The summed E-state index contributed by atoms with van der Waals surface area (Å²) in [5.41, 5.74) is 11.2. The molecule has 0 unspecified atom stereocenters. The number of pyridine rings is 1. The molecule has 0 saturated carbocycles. The van der Waals surface area contributed by atoms with Gasteiger partial charge < -0.3 is 16.6 Å². The fourth-order valence-electron chi connectivity index (χ4n) is 0.850. The number of carbonyl (C=O) groups excluding carboxylic acids is 1. The summed E-state index contributed by atoms with van der Waals surface area (Å²) in [6.45, 7) is -0.217. The molecule has 0 bridgehead atoms. The third-order valence-corrected chi connectivity index (χ3v) is 1.50. The number of nitrogens with zero attached hydrogens (tertiary/aromatic N) is 1. The van der Waals surface area contributed by atoms with Crippen LogP contribution in [0.5, 0.6) is 0 Å². The summed E-state index contributed by atoms with van der Waals surface area (Å²) in [5, 5.41) is 8.86. The third-order valence-electron chi connectivity index (χ3n) is 1.50. The van der Waals surface area contributed by atoms with Crippen LogP contribution in [0, 0.1) is 11.8 Å².